The zero-order chi connectivity index (χ0) is 78.9. The minimum atomic E-state index is -5.04. The summed E-state index contributed by atoms with van der Waals surface area (Å²) in [5, 5.41) is 10.6. The fourth-order valence-corrected chi connectivity index (χ4v) is 10.7. The minimum Gasteiger partial charge on any atom is -0.462 e. The number of unbranched alkanes of at least 4 members (excludes halogenated alkanes) is 6. The number of aliphatic hydroxyl groups is 1. The summed E-state index contributed by atoms with van der Waals surface area (Å²) in [5.74, 6) is -2.63. The molecule has 5 atom stereocenters. The molecule has 0 heterocycles. The van der Waals surface area contributed by atoms with E-state index in [4.69, 9.17) is 37.0 Å². The summed E-state index contributed by atoms with van der Waals surface area (Å²) >= 11 is 0. The third-order valence-corrected chi connectivity index (χ3v) is 16.8. The van der Waals surface area contributed by atoms with Crippen molar-refractivity contribution >= 4 is 39.5 Å². The van der Waals surface area contributed by atoms with Crippen molar-refractivity contribution in [2.45, 2.75) is 251 Å². The number of allylic oxidation sites excluding steroid dienone is 38. The molecule has 0 saturated carbocycles. The van der Waals surface area contributed by atoms with E-state index >= 15 is 0 Å². The van der Waals surface area contributed by atoms with E-state index in [-0.39, 0.29) is 25.7 Å². The molecule has 0 spiro atoms. The first-order valence-corrected chi connectivity index (χ1v) is 42.3. The molecular weight excluding hydrogens is 1400 g/mol. The van der Waals surface area contributed by atoms with Crippen LogP contribution in [0.5, 0.6) is 0 Å². The van der Waals surface area contributed by atoms with E-state index < -0.39 is 97.5 Å². The molecule has 0 fully saturated rings. The summed E-state index contributed by atoms with van der Waals surface area (Å²) in [6, 6.07) is 0. The van der Waals surface area contributed by atoms with E-state index in [9.17, 15) is 43.2 Å². The van der Waals surface area contributed by atoms with Gasteiger partial charge < -0.3 is 33.8 Å². The Morgan fingerprint density at radius 1 is 0.269 bits per heavy atom. The van der Waals surface area contributed by atoms with Gasteiger partial charge in [-0.2, -0.15) is 0 Å². The first-order valence-electron chi connectivity index (χ1n) is 39.3. The van der Waals surface area contributed by atoms with Crippen molar-refractivity contribution in [3.63, 3.8) is 0 Å². The number of carbonyl (C=O) groups excluding carboxylic acids is 4. The van der Waals surface area contributed by atoms with Crippen LogP contribution in [0, 0.1) is 0 Å². The van der Waals surface area contributed by atoms with Crippen molar-refractivity contribution < 1.29 is 80.2 Å². The van der Waals surface area contributed by atoms with Gasteiger partial charge in [0.25, 0.3) is 0 Å². The summed E-state index contributed by atoms with van der Waals surface area (Å²) < 4.78 is 68.2. The molecule has 3 N–H and O–H groups in total. The van der Waals surface area contributed by atoms with Gasteiger partial charge in [-0.3, -0.25) is 37.3 Å². The molecule has 0 rings (SSSR count). The first-order chi connectivity index (χ1) is 52.7. The van der Waals surface area contributed by atoms with Crippen LogP contribution in [0.25, 0.3) is 0 Å². The van der Waals surface area contributed by atoms with Gasteiger partial charge in [0.2, 0.25) is 0 Å². The third kappa shape index (κ3) is 77.0. The largest absolute Gasteiger partial charge is 0.472 e. The topological polar surface area (TPSA) is 237 Å². The number of carbonyl (C=O) groups is 4. The third-order valence-electron chi connectivity index (χ3n) is 14.9. The van der Waals surface area contributed by atoms with Crippen LogP contribution in [0.4, 0.5) is 0 Å². The van der Waals surface area contributed by atoms with E-state index in [1.807, 2.05) is 42.5 Å². The van der Waals surface area contributed by atoms with Gasteiger partial charge in [0.15, 0.2) is 12.2 Å². The highest BCUT2D eigenvalue weighted by Crippen LogP contribution is 2.45. The number of ether oxygens (including phenoxy) is 4. The summed E-state index contributed by atoms with van der Waals surface area (Å²) in [4.78, 5) is 72.9. The van der Waals surface area contributed by atoms with Gasteiger partial charge in [-0.15, -0.1) is 0 Å². The van der Waals surface area contributed by atoms with Crippen LogP contribution in [0.1, 0.15) is 233 Å². The van der Waals surface area contributed by atoms with E-state index in [2.05, 4.69) is 204 Å². The van der Waals surface area contributed by atoms with E-state index in [1.54, 1.807) is 24.3 Å². The van der Waals surface area contributed by atoms with Gasteiger partial charge in [0.05, 0.1) is 39.3 Å². The zero-order valence-electron chi connectivity index (χ0n) is 65.6. The fourth-order valence-electron chi connectivity index (χ4n) is 9.09. The van der Waals surface area contributed by atoms with E-state index in [0.29, 0.717) is 32.1 Å². The predicted molar refractivity (Wildman–Crippen MR) is 444 cm³/mol. The van der Waals surface area contributed by atoms with Gasteiger partial charge in [0.1, 0.15) is 19.3 Å². The predicted octanol–water partition coefficient (Wildman–Crippen LogP) is 23.2. The Morgan fingerprint density at radius 2 is 0.519 bits per heavy atom. The Hall–Kier alpha value is -7.14. The Kier molecular flexibility index (Phi) is 72.8. The molecule has 0 radical (unpaired) electrons. The first kappa shape index (κ1) is 101. The molecule has 0 aliphatic rings. The summed E-state index contributed by atoms with van der Waals surface area (Å²) in [6.45, 7) is 4.02. The molecular formula is C89H134O17P2. The standard InChI is InChI=1S/C89H134O17P2/c1-5-9-13-17-21-25-29-33-37-39-41-43-47-50-54-58-62-66-70-74-87(92)100-80-85(106-89(94)76-72-68-64-60-56-52-48-44-42-40-38-34-30-26-22-18-14-10-6-2)82-104-108(97,98)102-78-83(90)77-101-107(95,96)103-81-84(105-88(93)75-71-67-63-59-55-51-46-36-32-28-24-20-16-12-8-4)79-99-86(91)73-69-65-61-57-53-49-45-35-31-27-23-19-15-11-7-3/h9-16,21-28,33-38,41-46,50,53-55,57,59,62,65-67,69,71,83-85,90H,5-8,17-20,29-32,39-40,47-49,51-52,56,58,60-61,63-64,68,70,72-82H2,1-4H3,(H,95,96)(H,97,98)/b13-9-,14-10-,15-11-,16-12-,25-21-,26-22-,27-23-,28-24-,37-33-,38-34-,43-41-,44-42-,45-35-,46-36-,54-50-,57-53-,59-55-,66-62-,69-65-,71-67-. The molecule has 602 valence electrons. The van der Waals surface area contributed by atoms with Crippen molar-refractivity contribution in [1.29, 1.82) is 0 Å². The van der Waals surface area contributed by atoms with Crippen molar-refractivity contribution in [3.05, 3.63) is 243 Å². The van der Waals surface area contributed by atoms with Gasteiger partial charge >= 0.3 is 39.5 Å². The van der Waals surface area contributed by atoms with Crippen LogP contribution < -0.4 is 0 Å². The van der Waals surface area contributed by atoms with Gasteiger partial charge in [-0.1, -0.05) is 296 Å². The molecule has 0 aromatic rings. The maximum Gasteiger partial charge on any atom is 0.472 e. The van der Waals surface area contributed by atoms with Crippen LogP contribution in [0.15, 0.2) is 243 Å². The molecule has 0 saturated heterocycles. The Morgan fingerprint density at radius 3 is 0.852 bits per heavy atom. The van der Waals surface area contributed by atoms with Gasteiger partial charge in [-0.05, 0) is 154 Å². The number of aliphatic hydroxyl groups excluding tert-OH is 1. The van der Waals surface area contributed by atoms with E-state index in [1.165, 1.54) is 0 Å². The molecule has 0 aromatic carbocycles. The SMILES string of the molecule is CC/C=C\C/C=C\C/C=C\C/C=C\C/C=C\C/C=C\CCC(=O)OCC(COP(=O)(O)OCC(O)COP(=O)(O)OCC(COC(=O)C/C=C\C/C=C\C/C=C\C/C=C\C/C=C\CC)OC(=O)C/C=C\C/C=C\C/C=C\C/C=C\C/C=C\CC)OC(=O)CCCCCCCC/C=C\C/C=C\C/C=C\C/C=C\CC. The number of hydrogen-bond donors (Lipinski definition) is 3. The molecule has 17 nitrogen and oxygen atoms in total. The molecule has 5 unspecified atom stereocenters. The Balaban J connectivity index is 5.62. The molecule has 0 amide bonds. The molecule has 19 heteroatoms. The lowest BCUT2D eigenvalue weighted by molar-refractivity contribution is -0.161. The minimum absolute atomic E-state index is 0.0172. The Bertz CT molecular complexity index is 3010. The van der Waals surface area contributed by atoms with Gasteiger partial charge in [0, 0.05) is 12.8 Å². The molecule has 0 aliphatic heterocycles. The summed E-state index contributed by atoms with van der Waals surface area (Å²) in [6.07, 6.45) is 102. The van der Waals surface area contributed by atoms with Crippen LogP contribution in [-0.4, -0.2) is 96.7 Å². The average Bonchev–Trinajstić information content (AvgIpc) is 0.896. The second kappa shape index (κ2) is 78.0. The zero-order valence-corrected chi connectivity index (χ0v) is 67.4. The number of hydrogen-bond acceptors (Lipinski definition) is 15. The normalized spacial score (nSPS) is 15.1. The summed E-state index contributed by atoms with van der Waals surface area (Å²) in [7, 11) is -10.1. The fraction of sp³-hybridized carbons (Fsp3) is 0.506. The lowest BCUT2D eigenvalue weighted by Crippen LogP contribution is -2.30. The molecule has 0 bridgehead atoms. The maximum atomic E-state index is 13.1. The Labute approximate surface area is 650 Å². The second-order valence-corrected chi connectivity index (χ2v) is 27.7. The molecule has 0 aliphatic carbocycles. The summed E-state index contributed by atoms with van der Waals surface area (Å²) in [5.41, 5.74) is 0. The lowest BCUT2D eigenvalue weighted by Gasteiger charge is -2.21. The molecule has 0 aromatic heterocycles. The lowest BCUT2D eigenvalue weighted by atomic mass is 10.1. The smallest absolute Gasteiger partial charge is 0.462 e. The van der Waals surface area contributed by atoms with Gasteiger partial charge in [-0.25, -0.2) is 9.13 Å². The highest BCUT2D eigenvalue weighted by Gasteiger charge is 2.30. The average molecular weight is 1540 g/mol. The number of phosphoric ester groups is 2. The van der Waals surface area contributed by atoms with Crippen molar-refractivity contribution in [2.75, 3.05) is 39.6 Å². The molecule has 108 heavy (non-hydrogen) atoms. The van der Waals surface area contributed by atoms with Crippen molar-refractivity contribution in [1.82, 2.24) is 0 Å². The maximum absolute atomic E-state index is 13.1. The number of phosphoric acid groups is 2. The highest BCUT2D eigenvalue weighted by molar-refractivity contribution is 7.47. The quantitative estimate of drug-likeness (QED) is 0.0169. The van der Waals surface area contributed by atoms with Crippen LogP contribution in [0.3, 0.4) is 0 Å². The van der Waals surface area contributed by atoms with Crippen molar-refractivity contribution in [3.8, 4) is 0 Å². The van der Waals surface area contributed by atoms with E-state index in [0.717, 1.165) is 148 Å². The number of esters is 4. The monoisotopic (exact) mass is 1540 g/mol. The van der Waals surface area contributed by atoms with Crippen LogP contribution in [0.2, 0.25) is 0 Å². The highest BCUT2D eigenvalue weighted by atomic mass is 31.2. The van der Waals surface area contributed by atoms with Crippen LogP contribution >= 0.6 is 15.6 Å². The second-order valence-electron chi connectivity index (χ2n) is 24.8. The van der Waals surface area contributed by atoms with Crippen molar-refractivity contribution in [2.24, 2.45) is 0 Å². The van der Waals surface area contributed by atoms with Crippen LogP contribution in [-0.2, 0) is 65.4 Å². The number of rotatable bonds is 70.